The van der Waals surface area contributed by atoms with Gasteiger partial charge in [0.05, 0.1) is 54.1 Å². The number of phenolic OH excluding ortho intramolecular Hbond substituents is 1. The maximum absolute atomic E-state index is 13.6. The predicted octanol–water partition coefficient (Wildman–Crippen LogP) is 5.27. The molecule has 0 spiro atoms. The van der Waals surface area contributed by atoms with E-state index in [0.717, 1.165) is 5.56 Å². The number of aliphatic hydroxyl groups is 1. The summed E-state index contributed by atoms with van der Waals surface area (Å²) in [4.78, 5) is 36.1. The summed E-state index contributed by atoms with van der Waals surface area (Å²) >= 11 is 6.35. The van der Waals surface area contributed by atoms with E-state index in [-0.39, 0.29) is 46.0 Å². The lowest BCUT2D eigenvalue weighted by Crippen LogP contribution is -2.30. The van der Waals surface area contributed by atoms with Gasteiger partial charge in [0, 0.05) is 6.07 Å². The summed E-state index contributed by atoms with van der Waals surface area (Å²) in [6.07, 6.45) is 0. The van der Waals surface area contributed by atoms with Gasteiger partial charge in [-0.1, -0.05) is 23.7 Å². The van der Waals surface area contributed by atoms with Crippen LogP contribution in [0.1, 0.15) is 29.7 Å². The molecule has 11 heteroatoms. The third-order valence-electron chi connectivity index (χ3n) is 6.63. The molecule has 0 aliphatic carbocycles. The highest BCUT2D eigenvalue weighted by atomic mass is 35.5. The van der Waals surface area contributed by atoms with Crippen LogP contribution < -0.4 is 19.1 Å². The summed E-state index contributed by atoms with van der Waals surface area (Å²) < 4.78 is 16.2. The highest BCUT2D eigenvalue weighted by Crippen LogP contribution is 2.45. The van der Waals surface area contributed by atoms with Crippen LogP contribution in [0.2, 0.25) is 5.02 Å². The van der Waals surface area contributed by atoms with Gasteiger partial charge in [0.2, 0.25) is 5.95 Å². The number of carbonyl (C=O) groups excluding carboxylic acids is 2. The molecule has 5 rings (SSSR count). The van der Waals surface area contributed by atoms with Gasteiger partial charge in [0.25, 0.3) is 5.78 Å². The van der Waals surface area contributed by atoms with E-state index >= 15 is 0 Å². The predicted molar refractivity (Wildman–Crippen MR) is 149 cm³/mol. The number of aliphatic hydroxyl groups excluding tert-OH is 1. The number of nitrogens with one attached hydrogen (secondary N) is 1. The van der Waals surface area contributed by atoms with Gasteiger partial charge in [0.1, 0.15) is 17.3 Å². The largest absolute Gasteiger partial charge is 0.507 e. The topological polar surface area (TPSA) is 134 Å². The third-order valence-corrected chi connectivity index (χ3v) is 6.92. The molecule has 1 aliphatic heterocycles. The van der Waals surface area contributed by atoms with Gasteiger partial charge in [-0.25, -0.2) is 4.98 Å². The number of aryl methyl sites for hydroxylation is 1. The first-order valence-electron chi connectivity index (χ1n) is 12.3. The number of anilines is 1. The Labute approximate surface area is 234 Å². The zero-order valence-corrected chi connectivity index (χ0v) is 22.9. The minimum Gasteiger partial charge on any atom is -0.507 e. The lowest BCUT2D eigenvalue weighted by Gasteiger charge is -2.24. The van der Waals surface area contributed by atoms with Crippen molar-refractivity contribution < 1.29 is 34.0 Å². The lowest BCUT2D eigenvalue weighted by atomic mass is 9.94. The van der Waals surface area contributed by atoms with Crippen LogP contribution in [0, 0.1) is 6.92 Å². The number of imidazole rings is 1. The molecule has 0 bridgehead atoms. The highest BCUT2D eigenvalue weighted by Gasteiger charge is 2.48. The average Bonchev–Trinajstić information content (AvgIpc) is 3.47. The number of H-pyrrole nitrogens is 1. The number of aromatic amines is 1. The monoisotopic (exact) mass is 563 g/mol. The number of ether oxygens (including phenoxy) is 3. The van der Waals surface area contributed by atoms with Gasteiger partial charge in [-0.15, -0.1) is 0 Å². The number of Topliss-reactive ketones (excluding diaryl/α,β-unsaturated/α-hetero) is 1. The van der Waals surface area contributed by atoms with Gasteiger partial charge in [-0.2, -0.15) is 0 Å². The molecule has 1 fully saturated rings. The molecule has 1 saturated heterocycles. The Morgan fingerprint density at radius 3 is 2.50 bits per heavy atom. The Morgan fingerprint density at radius 2 is 1.80 bits per heavy atom. The first-order valence-corrected chi connectivity index (χ1v) is 12.7. The molecule has 1 aromatic heterocycles. The number of phenols is 1. The van der Waals surface area contributed by atoms with Crippen LogP contribution in [0.4, 0.5) is 5.95 Å². The zero-order valence-electron chi connectivity index (χ0n) is 22.1. The summed E-state index contributed by atoms with van der Waals surface area (Å²) in [7, 11) is 2.82. The van der Waals surface area contributed by atoms with Crippen molar-refractivity contribution in [1.29, 1.82) is 0 Å². The number of hydrogen-bond donors (Lipinski definition) is 3. The molecular weight excluding hydrogens is 538 g/mol. The quantitative estimate of drug-likeness (QED) is 0.157. The number of benzene rings is 3. The maximum atomic E-state index is 13.6. The average molecular weight is 564 g/mol. The molecule has 1 amide bonds. The number of aromatic nitrogens is 2. The molecule has 0 saturated carbocycles. The summed E-state index contributed by atoms with van der Waals surface area (Å²) in [5, 5.41) is 22.1. The van der Waals surface area contributed by atoms with E-state index in [4.69, 9.17) is 25.8 Å². The van der Waals surface area contributed by atoms with Crippen LogP contribution >= 0.6 is 11.6 Å². The molecule has 4 aromatic rings. The molecular formula is C29H26ClN3O7. The van der Waals surface area contributed by atoms with E-state index in [1.165, 1.54) is 43.4 Å². The molecule has 3 N–H and O–H groups in total. The van der Waals surface area contributed by atoms with E-state index in [1.807, 2.05) is 19.1 Å². The van der Waals surface area contributed by atoms with Crippen molar-refractivity contribution in [3.8, 4) is 23.0 Å². The van der Waals surface area contributed by atoms with Crippen molar-refractivity contribution in [3.63, 3.8) is 0 Å². The molecule has 1 aliphatic rings. The van der Waals surface area contributed by atoms with Gasteiger partial charge in [0.15, 0.2) is 11.5 Å². The SMILES string of the molecule is CCOc1cc(C2/C(=C(\O)c3cc(Cl)c(OC)cc3OC)C(=O)C(=O)N2c2nc3ccc(C)cc3[nH]2)ccc1O. The van der Waals surface area contributed by atoms with Crippen molar-refractivity contribution >= 4 is 46.0 Å². The number of aromatic hydroxyl groups is 1. The molecule has 1 atom stereocenters. The normalized spacial score (nSPS) is 16.5. The fourth-order valence-electron chi connectivity index (χ4n) is 4.75. The lowest BCUT2D eigenvalue weighted by molar-refractivity contribution is -0.132. The number of rotatable bonds is 7. The Balaban J connectivity index is 1.78. The van der Waals surface area contributed by atoms with Crippen LogP contribution in [0.25, 0.3) is 16.8 Å². The molecule has 0 radical (unpaired) electrons. The molecule has 40 heavy (non-hydrogen) atoms. The summed E-state index contributed by atoms with van der Waals surface area (Å²) in [5.74, 6) is -1.76. The van der Waals surface area contributed by atoms with Crippen molar-refractivity contribution in [3.05, 3.63) is 75.8 Å². The van der Waals surface area contributed by atoms with Crippen LogP contribution in [0.15, 0.2) is 54.1 Å². The van der Waals surface area contributed by atoms with Crippen molar-refractivity contribution in [1.82, 2.24) is 9.97 Å². The molecule has 10 nitrogen and oxygen atoms in total. The van der Waals surface area contributed by atoms with Crippen LogP contribution in [-0.4, -0.2) is 52.7 Å². The molecule has 1 unspecified atom stereocenters. The standard InChI is InChI=1S/C29H26ClN3O7/c1-5-40-23-11-15(7-9-20(23)34)25-24(26(35)16-12-17(30)22(39-4)13-21(16)38-3)27(36)28(37)33(25)29-31-18-8-6-14(2)10-19(18)32-29/h6-13,25,34-35H,5H2,1-4H3,(H,31,32)/b26-24+. The summed E-state index contributed by atoms with van der Waals surface area (Å²) in [6, 6.07) is 11.7. The number of nitrogens with zero attached hydrogens (tertiary/aromatic N) is 2. The van der Waals surface area contributed by atoms with E-state index in [9.17, 15) is 19.8 Å². The maximum Gasteiger partial charge on any atom is 0.302 e. The van der Waals surface area contributed by atoms with Gasteiger partial charge in [-0.3, -0.25) is 14.5 Å². The second-order valence-electron chi connectivity index (χ2n) is 9.10. The number of halogens is 1. The van der Waals surface area contributed by atoms with Gasteiger partial charge < -0.3 is 29.4 Å². The smallest absolute Gasteiger partial charge is 0.302 e. The van der Waals surface area contributed by atoms with Crippen molar-refractivity contribution in [2.75, 3.05) is 25.7 Å². The van der Waals surface area contributed by atoms with Crippen molar-refractivity contribution in [2.24, 2.45) is 0 Å². The first kappa shape index (κ1) is 26.9. The van der Waals surface area contributed by atoms with E-state index in [1.54, 1.807) is 19.1 Å². The Hall–Kier alpha value is -4.70. The summed E-state index contributed by atoms with van der Waals surface area (Å²) in [5.41, 5.74) is 2.47. The van der Waals surface area contributed by atoms with Gasteiger partial charge >= 0.3 is 5.91 Å². The Kier molecular flexibility index (Phi) is 7.03. The number of ketones is 1. The molecule has 3 aromatic carbocycles. The summed E-state index contributed by atoms with van der Waals surface area (Å²) in [6.45, 7) is 3.95. The fourth-order valence-corrected chi connectivity index (χ4v) is 4.99. The van der Waals surface area contributed by atoms with E-state index in [2.05, 4.69) is 9.97 Å². The highest BCUT2D eigenvalue weighted by molar-refractivity contribution is 6.51. The van der Waals surface area contributed by atoms with E-state index < -0.39 is 23.5 Å². The minimum absolute atomic E-state index is 0.0836. The fraction of sp³-hybridized carbons (Fsp3) is 0.207. The Bertz CT molecular complexity index is 1690. The number of fused-ring (bicyclic) bond motifs is 1. The second kappa shape index (κ2) is 10.5. The zero-order chi connectivity index (χ0) is 28.7. The van der Waals surface area contributed by atoms with Crippen LogP contribution in [0.5, 0.6) is 23.0 Å². The second-order valence-corrected chi connectivity index (χ2v) is 9.50. The first-order chi connectivity index (χ1) is 19.2. The number of amides is 1. The number of hydrogen-bond acceptors (Lipinski definition) is 8. The van der Waals surface area contributed by atoms with E-state index in [0.29, 0.717) is 22.3 Å². The molecule has 2 heterocycles. The minimum atomic E-state index is -1.15. The number of carbonyl (C=O) groups is 2. The number of methoxy groups -OCH3 is 2. The Morgan fingerprint density at radius 1 is 1.05 bits per heavy atom. The molecule has 206 valence electrons. The van der Waals surface area contributed by atoms with Crippen molar-refractivity contribution in [2.45, 2.75) is 19.9 Å². The van der Waals surface area contributed by atoms with Gasteiger partial charge in [-0.05, 0) is 55.3 Å². The van der Waals surface area contributed by atoms with Crippen LogP contribution in [0.3, 0.4) is 0 Å². The third kappa shape index (κ3) is 4.46. The van der Waals surface area contributed by atoms with Crippen LogP contribution in [-0.2, 0) is 9.59 Å².